The number of aromatic nitrogens is 3. The van der Waals surface area contributed by atoms with Crippen molar-refractivity contribution in [3.8, 4) is 0 Å². The topological polar surface area (TPSA) is 56.7 Å². The van der Waals surface area contributed by atoms with Gasteiger partial charge in [-0.3, -0.25) is 0 Å². The van der Waals surface area contributed by atoms with Gasteiger partial charge in [-0.1, -0.05) is 30.3 Å². The minimum atomic E-state index is 0.329. The Morgan fingerprint density at radius 2 is 2.15 bits per heavy atom. The van der Waals surface area contributed by atoms with Crippen LogP contribution in [0.25, 0.3) is 0 Å². The average Bonchev–Trinajstić information content (AvgIpc) is 2.68. The predicted molar refractivity (Wildman–Crippen MR) is 82.7 cm³/mol. The van der Waals surface area contributed by atoms with Gasteiger partial charge in [-0.05, 0) is 37.5 Å². The van der Waals surface area contributed by atoms with Gasteiger partial charge in [0.15, 0.2) is 5.16 Å². The summed E-state index contributed by atoms with van der Waals surface area (Å²) >= 11 is 1.77. The van der Waals surface area contributed by atoms with E-state index in [2.05, 4.69) is 27.8 Å². The number of nitrogen functional groups attached to an aromatic ring is 1. The predicted octanol–water partition coefficient (Wildman–Crippen LogP) is 3.44. The van der Waals surface area contributed by atoms with Gasteiger partial charge in [-0.15, -0.1) is 10.2 Å². The van der Waals surface area contributed by atoms with Crippen LogP contribution in [0.15, 0.2) is 29.4 Å². The number of benzene rings is 1. The van der Waals surface area contributed by atoms with Crippen LogP contribution >= 0.6 is 11.8 Å². The SMILES string of the molecule is CC(Sc1nnc2n1CCCCC2)c1cccc(N)c1. The summed E-state index contributed by atoms with van der Waals surface area (Å²) < 4.78 is 2.29. The van der Waals surface area contributed by atoms with Crippen LogP contribution in [-0.2, 0) is 13.0 Å². The van der Waals surface area contributed by atoms with Crippen molar-refractivity contribution in [3.63, 3.8) is 0 Å². The molecule has 1 unspecified atom stereocenters. The lowest BCUT2D eigenvalue weighted by Crippen LogP contribution is -2.03. The highest BCUT2D eigenvalue weighted by Gasteiger charge is 2.18. The molecule has 2 N–H and O–H groups in total. The highest BCUT2D eigenvalue weighted by Crippen LogP contribution is 2.35. The lowest BCUT2D eigenvalue weighted by Gasteiger charge is -2.13. The van der Waals surface area contributed by atoms with Crippen LogP contribution in [0.1, 0.15) is 42.8 Å². The van der Waals surface area contributed by atoms with E-state index in [0.717, 1.165) is 29.6 Å². The normalized spacial score (nSPS) is 16.4. The maximum Gasteiger partial charge on any atom is 0.191 e. The third kappa shape index (κ3) is 2.82. The van der Waals surface area contributed by atoms with Gasteiger partial charge < -0.3 is 10.3 Å². The van der Waals surface area contributed by atoms with Gasteiger partial charge in [0.1, 0.15) is 5.82 Å². The van der Waals surface area contributed by atoms with Gasteiger partial charge in [-0.2, -0.15) is 0 Å². The first kappa shape index (κ1) is 13.5. The molecule has 0 aliphatic carbocycles. The molecule has 0 radical (unpaired) electrons. The standard InChI is InChI=1S/C15H20N4S/c1-11(12-6-5-7-13(16)10-12)20-15-18-17-14-8-3-2-4-9-19(14)15/h5-7,10-11H,2-4,8-9,16H2,1H3. The van der Waals surface area contributed by atoms with Crippen molar-refractivity contribution < 1.29 is 0 Å². The van der Waals surface area contributed by atoms with Crippen molar-refractivity contribution in [2.24, 2.45) is 0 Å². The third-order valence-corrected chi connectivity index (χ3v) is 4.88. The second-order valence-electron chi connectivity index (χ2n) is 5.29. The van der Waals surface area contributed by atoms with Crippen LogP contribution in [0.3, 0.4) is 0 Å². The molecule has 2 heterocycles. The van der Waals surface area contributed by atoms with Crippen molar-refractivity contribution in [1.29, 1.82) is 0 Å². The maximum absolute atomic E-state index is 5.86. The lowest BCUT2D eigenvalue weighted by molar-refractivity contribution is 0.590. The van der Waals surface area contributed by atoms with Crippen LogP contribution < -0.4 is 5.73 Å². The van der Waals surface area contributed by atoms with E-state index in [4.69, 9.17) is 5.73 Å². The fraction of sp³-hybridized carbons (Fsp3) is 0.467. The molecule has 20 heavy (non-hydrogen) atoms. The first-order valence-electron chi connectivity index (χ1n) is 7.18. The molecule has 4 nitrogen and oxygen atoms in total. The highest BCUT2D eigenvalue weighted by molar-refractivity contribution is 7.99. The maximum atomic E-state index is 5.86. The fourth-order valence-electron chi connectivity index (χ4n) is 2.58. The molecular formula is C15H20N4S. The molecule has 0 saturated carbocycles. The Bertz CT molecular complexity index is 593. The molecule has 0 saturated heterocycles. The Kier molecular flexibility index (Phi) is 3.96. The zero-order valence-corrected chi connectivity index (χ0v) is 12.6. The molecule has 0 amide bonds. The van der Waals surface area contributed by atoms with E-state index in [-0.39, 0.29) is 0 Å². The van der Waals surface area contributed by atoms with Crippen molar-refractivity contribution in [3.05, 3.63) is 35.7 Å². The van der Waals surface area contributed by atoms with E-state index < -0.39 is 0 Å². The molecule has 0 bridgehead atoms. The molecule has 0 spiro atoms. The van der Waals surface area contributed by atoms with Crippen LogP contribution in [0.4, 0.5) is 5.69 Å². The number of fused-ring (bicyclic) bond motifs is 1. The Hall–Kier alpha value is -1.49. The zero-order valence-electron chi connectivity index (χ0n) is 11.7. The highest BCUT2D eigenvalue weighted by atomic mass is 32.2. The van der Waals surface area contributed by atoms with E-state index in [9.17, 15) is 0 Å². The number of anilines is 1. The summed E-state index contributed by atoms with van der Waals surface area (Å²) in [7, 11) is 0. The molecule has 5 heteroatoms. The summed E-state index contributed by atoms with van der Waals surface area (Å²) in [6.07, 6.45) is 4.80. The van der Waals surface area contributed by atoms with Gasteiger partial charge in [0.2, 0.25) is 0 Å². The van der Waals surface area contributed by atoms with Crippen molar-refractivity contribution in [2.45, 2.75) is 49.6 Å². The van der Waals surface area contributed by atoms with Crippen LogP contribution in [0.5, 0.6) is 0 Å². The van der Waals surface area contributed by atoms with Gasteiger partial charge in [0.25, 0.3) is 0 Å². The Labute approximate surface area is 123 Å². The number of hydrogen-bond donors (Lipinski definition) is 1. The first-order valence-corrected chi connectivity index (χ1v) is 8.06. The van der Waals surface area contributed by atoms with Crippen LogP contribution in [-0.4, -0.2) is 14.8 Å². The molecule has 0 fully saturated rings. The molecule has 1 aliphatic heterocycles. The molecule has 3 rings (SSSR count). The van der Waals surface area contributed by atoms with Crippen molar-refractivity contribution >= 4 is 17.4 Å². The summed E-state index contributed by atoms with van der Waals surface area (Å²) in [5.41, 5.74) is 7.91. The molecule has 1 aromatic heterocycles. The molecule has 106 valence electrons. The van der Waals surface area contributed by atoms with Crippen LogP contribution in [0.2, 0.25) is 0 Å². The smallest absolute Gasteiger partial charge is 0.191 e. The fourth-order valence-corrected chi connectivity index (χ4v) is 3.59. The molecular weight excluding hydrogens is 268 g/mol. The lowest BCUT2D eigenvalue weighted by atomic mass is 10.1. The van der Waals surface area contributed by atoms with Crippen molar-refractivity contribution in [2.75, 3.05) is 5.73 Å². The Morgan fingerprint density at radius 1 is 1.25 bits per heavy atom. The molecule has 1 aromatic carbocycles. The van der Waals surface area contributed by atoms with Gasteiger partial charge in [0.05, 0.1) is 0 Å². The summed E-state index contributed by atoms with van der Waals surface area (Å²) in [6.45, 7) is 3.24. The largest absolute Gasteiger partial charge is 0.399 e. The minimum absolute atomic E-state index is 0.329. The van der Waals surface area contributed by atoms with Crippen LogP contribution in [0, 0.1) is 0 Å². The monoisotopic (exact) mass is 288 g/mol. The number of thioether (sulfide) groups is 1. The summed E-state index contributed by atoms with van der Waals surface area (Å²) in [5.74, 6) is 1.14. The second kappa shape index (κ2) is 5.87. The summed E-state index contributed by atoms with van der Waals surface area (Å²) in [6, 6.07) is 8.08. The quantitative estimate of drug-likeness (QED) is 0.694. The Balaban J connectivity index is 1.79. The van der Waals surface area contributed by atoms with Gasteiger partial charge >= 0.3 is 0 Å². The number of aryl methyl sites for hydroxylation is 1. The average molecular weight is 288 g/mol. The summed E-state index contributed by atoms with van der Waals surface area (Å²) in [4.78, 5) is 0. The number of rotatable bonds is 3. The van der Waals surface area contributed by atoms with Crippen molar-refractivity contribution in [1.82, 2.24) is 14.8 Å². The van der Waals surface area contributed by atoms with E-state index >= 15 is 0 Å². The number of hydrogen-bond acceptors (Lipinski definition) is 4. The van der Waals surface area contributed by atoms with Gasteiger partial charge in [0, 0.05) is 23.9 Å². The first-order chi connectivity index (χ1) is 9.74. The second-order valence-corrected chi connectivity index (χ2v) is 6.60. The number of nitrogens with zero attached hydrogens (tertiary/aromatic N) is 3. The zero-order chi connectivity index (χ0) is 13.9. The third-order valence-electron chi connectivity index (χ3n) is 3.74. The van der Waals surface area contributed by atoms with E-state index in [1.165, 1.54) is 24.8 Å². The van der Waals surface area contributed by atoms with E-state index in [0.29, 0.717) is 5.25 Å². The molecule has 1 atom stereocenters. The summed E-state index contributed by atoms with van der Waals surface area (Å²) in [5, 5.41) is 10.1. The van der Waals surface area contributed by atoms with E-state index in [1.54, 1.807) is 11.8 Å². The minimum Gasteiger partial charge on any atom is -0.399 e. The molecule has 1 aliphatic rings. The van der Waals surface area contributed by atoms with Gasteiger partial charge in [-0.25, -0.2) is 0 Å². The number of nitrogens with two attached hydrogens (primary N) is 1. The molecule has 2 aromatic rings. The van der Waals surface area contributed by atoms with E-state index in [1.807, 2.05) is 18.2 Å². The Morgan fingerprint density at radius 3 is 3.00 bits per heavy atom.